The van der Waals surface area contributed by atoms with Crippen LogP contribution in [-0.4, -0.2) is 65.1 Å². The van der Waals surface area contributed by atoms with Crippen LogP contribution in [0.15, 0.2) is 41.3 Å². The van der Waals surface area contributed by atoms with Crippen molar-refractivity contribution in [1.29, 1.82) is 0 Å². The van der Waals surface area contributed by atoms with Gasteiger partial charge in [0.2, 0.25) is 0 Å². The van der Waals surface area contributed by atoms with Gasteiger partial charge in [-0.05, 0) is 30.3 Å². The third kappa shape index (κ3) is 7.45. The molecule has 2 aromatic carbocycles. The Morgan fingerprint density at radius 3 is 1.94 bits per heavy atom. The zero-order valence-corrected chi connectivity index (χ0v) is 18.6. The van der Waals surface area contributed by atoms with Crippen LogP contribution in [0.5, 0.6) is 11.5 Å². The number of hydrogen-bond acceptors (Lipinski definition) is 7. The number of halogens is 3. The van der Waals surface area contributed by atoms with Crippen molar-refractivity contribution in [2.24, 2.45) is 0 Å². The maximum absolute atomic E-state index is 12.6. The minimum absolute atomic E-state index is 0.0116. The van der Waals surface area contributed by atoms with E-state index in [4.69, 9.17) is 19.4 Å². The summed E-state index contributed by atoms with van der Waals surface area (Å²) < 4.78 is 69.5. The number of carboxylic acids is 2. The molecule has 0 aromatic heterocycles. The number of methoxy groups -OCH3 is 2. The van der Waals surface area contributed by atoms with Gasteiger partial charge in [0, 0.05) is 25.8 Å². The van der Waals surface area contributed by atoms with Gasteiger partial charge in [-0.3, -0.25) is 4.72 Å². The molecule has 0 radical (unpaired) electrons. The summed E-state index contributed by atoms with van der Waals surface area (Å²) in [6.45, 7) is 0. The van der Waals surface area contributed by atoms with Gasteiger partial charge in [0.15, 0.2) is 11.5 Å². The molecule has 0 aliphatic carbocycles. The number of hydrogen-bond donors (Lipinski definition) is 3. The summed E-state index contributed by atoms with van der Waals surface area (Å²) in [5, 5.41) is 16.5. The lowest BCUT2D eigenvalue weighted by atomic mass is 10.1. The Morgan fingerprint density at radius 2 is 1.52 bits per heavy atom. The van der Waals surface area contributed by atoms with Crippen molar-refractivity contribution in [1.82, 2.24) is 0 Å². The van der Waals surface area contributed by atoms with Crippen molar-refractivity contribution < 1.29 is 50.9 Å². The van der Waals surface area contributed by atoms with Crippen LogP contribution < -0.4 is 19.1 Å². The Labute approximate surface area is 187 Å². The molecule has 10 nitrogen and oxygen atoms in total. The zero-order valence-electron chi connectivity index (χ0n) is 17.8. The van der Waals surface area contributed by atoms with E-state index < -0.39 is 28.1 Å². The van der Waals surface area contributed by atoms with Crippen LogP contribution in [0.25, 0.3) is 0 Å². The number of anilines is 2. The van der Waals surface area contributed by atoms with Gasteiger partial charge in [-0.2, -0.15) is 13.2 Å². The van der Waals surface area contributed by atoms with E-state index in [9.17, 15) is 31.5 Å². The molecule has 2 rings (SSSR count). The van der Waals surface area contributed by atoms with Crippen molar-refractivity contribution in [3.8, 4) is 11.5 Å². The maximum Gasteiger partial charge on any atom is 0.490 e. The summed E-state index contributed by atoms with van der Waals surface area (Å²) >= 11 is 0. The predicted octanol–water partition coefficient (Wildman–Crippen LogP) is 2.90. The predicted molar refractivity (Wildman–Crippen MR) is 112 cm³/mol. The highest BCUT2D eigenvalue weighted by Crippen LogP contribution is 2.31. The molecule has 0 saturated carbocycles. The van der Waals surface area contributed by atoms with Gasteiger partial charge in [0.25, 0.3) is 10.0 Å². The topological polar surface area (TPSA) is 142 Å². The monoisotopic (exact) mass is 494 g/mol. The molecule has 0 aliphatic rings. The van der Waals surface area contributed by atoms with E-state index in [2.05, 4.69) is 4.72 Å². The second-order valence-electron chi connectivity index (χ2n) is 6.36. The Balaban J connectivity index is 0.000000675. The fraction of sp³-hybridized carbons (Fsp3) is 0.263. The van der Waals surface area contributed by atoms with Crippen LogP contribution in [0.1, 0.15) is 10.4 Å². The number of alkyl halides is 3. The van der Waals surface area contributed by atoms with Crippen LogP contribution in [0.4, 0.5) is 24.5 Å². The Hall–Kier alpha value is -3.68. The van der Waals surface area contributed by atoms with Crippen molar-refractivity contribution in [2.75, 3.05) is 37.9 Å². The van der Waals surface area contributed by atoms with E-state index in [0.29, 0.717) is 11.4 Å². The highest BCUT2D eigenvalue weighted by Gasteiger charge is 2.38. The number of aromatic carboxylic acids is 1. The molecule has 0 bridgehead atoms. The molecule has 14 heteroatoms. The van der Waals surface area contributed by atoms with E-state index >= 15 is 0 Å². The SMILES string of the molecule is COc1ccc(S(=O)(=O)Nc2ccc(N(C)C)c(C(=O)O)c2)cc1OC.O=C(O)C(F)(F)F. The van der Waals surface area contributed by atoms with Crippen molar-refractivity contribution in [3.05, 3.63) is 42.0 Å². The summed E-state index contributed by atoms with van der Waals surface area (Å²) in [5.74, 6) is -3.24. The van der Waals surface area contributed by atoms with Gasteiger partial charge in [0.05, 0.1) is 30.4 Å². The van der Waals surface area contributed by atoms with Crippen LogP contribution in [0.3, 0.4) is 0 Å². The highest BCUT2D eigenvalue weighted by atomic mass is 32.2. The molecule has 2 aromatic rings. The third-order valence-corrected chi connectivity index (χ3v) is 5.25. The lowest BCUT2D eigenvalue weighted by molar-refractivity contribution is -0.192. The number of carboxylic acid groups (broad SMARTS) is 2. The van der Waals surface area contributed by atoms with E-state index in [0.717, 1.165) is 0 Å². The average molecular weight is 494 g/mol. The highest BCUT2D eigenvalue weighted by molar-refractivity contribution is 7.92. The standard InChI is InChI=1S/C17H20N2O6S.C2HF3O2/c1-19(2)14-7-5-11(9-13(14)17(20)21)18-26(22,23)12-6-8-15(24-3)16(10-12)25-4;3-2(4,5)1(6)7/h5-10,18H,1-4H3,(H,20,21);(H,6,7). The summed E-state index contributed by atoms with van der Waals surface area (Å²) in [6, 6.07) is 8.49. The number of nitrogens with zero attached hydrogens (tertiary/aromatic N) is 1. The van der Waals surface area contributed by atoms with E-state index in [1.165, 1.54) is 50.6 Å². The molecule has 33 heavy (non-hydrogen) atoms. The quantitative estimate of drug-likeness (QED) is 0.529. The van der Waals surface area contributed by atoms with Crippen molar-refractivity contribution >= 4 is 33.3 Å². The van der Waals surface area contributed by atoms with Gasteiger partial charge in [0.1, 0.15) is 0 Å². The number of sulfonamides is 1. The van der Waals surface area contributed by atoms with Crippen LogP contribution >= 0.6 is 0 Å². The van der Waals surface area contributed by atoms with Gasteiger partial charge >= 0.3 is 18.1 Å². The fourth-order valence-electron chi connectivity index (χ4n) is 2.36. The Morgan fingerprint density at radius 1 is 0.970 bits per heavy atom. The molecule has 182 valence electrons. The molecular weight excluding hydrogens is 473 g/mol. The van der Waals surface area contributed by atoms with Gasteiger partial charge < -0.3 is 24.6 Å². The summed E-state index contributed by atoms with van der Waals surface area (Å²) in [5.41, 5.74) is 0.594. The molecule has 0 atom stereocenters. The van der Waals surface area contributed by atoms with E-state index in [1.807, 2.05) is 0 Å². The second kappa shape index (κ2) is 10.8. The summed E-state index contributed by atoms with van der Waals surface area (Å²) in [6.07, 6.45) is -5.08. The minimum Gasteiger partial charge on any atom is -0.493 e. The largest absolute Gasteiger partial charge is 0.493 e. The first-order chi connectivity index (χ1) is 15.1. The van der Waals surface area contributed by atoms with E-state index in [-0.39, 0.29) is 21.9 Å². The zero-order chi connectivity index (χ0) is 25.6. The number of aliphatic carboxylic acids is 1. The van der Waals surface area contributed by atoms with Gasteiger partial charge in [-0.1, -0.05) is 0 Å². The Bertz CT molecular complexity index is 1120. The smallest absolute Gasteiger partial charge is 0.490 e. The minimum atomic E-state index is -5.08. The average Bonchev–Trinajstić information content (AvgIpc) is 2.72. The number of carbonyl (C=O) groups is 2. The molecule has 0 fully saturated rings. The number of rotatable bonds is 7. The van der Waals surface area contributed by atoms with Gasteiger partial charge in [-0.25, -0.2) is 18.0 Å². The summed E-state index contributed by atoms with van der Waals surface area (Å²) in [4.78, 5) is 21.9. The Kier molecular flexibility index (Phi) is 8.92. The van der Waals surface area contributed by atoms with Gasteiger partial charge in [-0.15, -0.1) is 0 Å². The van der Waals surface area contributed by atoms with Crippen molar-refractivity contribution in [3.63, 3.8) is 0 Å². The molecular formula is C19H21F3N2O8S. The molecule has 0 spiro atoms. The molecule has 3 N–H and O–H groups in total. The first-order valence-corrected chi connectivity index (χ1v) is 10.2. The molecule has 0 amide bonds. The summed E-state index contributed by atoms with van der Waals surface area (Å²) in [7, 11) is 2.32. The first kappa shape index (κ1) is 27.4. The first-order valence-electron chi connectivity index (χ1n) is 8.73. The normalized spacial score (nSPS) is 11.0. The molecule has 0 saturated heterocycles. The lowest BCUT2D eigenvalue weighted by Crippen LogP contribution is -2.21. The molecule has 0 unspecified atom stereocenters. The van der Waals surface area contributed by atoms with Crippen molar-refractivity contribution in [2.45, 2.75) is 11.1 Å². The third-order valence-electron chi connectivity index (χ3n) is 3.87. The maximum atomic E-state index is 12.6. The number of benzene rings is 2. The second-order valence-corrected chi connectivity index (χ2v) is 8.04. The van der Waals surface area contributed by atoms with Crippen LogP contribution in [0, 0.1) is 0 Å². The van der Waals surface area contributed by atoms with Crippen LogP contribution in [0.2, 0.25) is 0 Å². The fourth-order valence-corrected chi connectivity index (χ4v) is 3.42. The van der Waals surface area contributed by atoms with E-state index in [1.54, 1.807) is 19.0 Å². The lowest BCUT2D eigenvalue weighted by Gasteiger charge is -2.17. The number of ether oxygens (including phenoxy) is 2. The van der Waals surface area contributed by atoms with Crippen LogP contribution in [-0.2, 0) is 14.8 Å². The molecule has 0 heterocycles. The molecule has 0 aliphatic heterocycles. The number of nitrogens with one attached hydrogen (secondary N) is 1.